The van der Waals surface area contributed by atoms with E-state index in [4.69, 9.17) is 9.15 Å². The number of imidazole rings is 1. The zero-order valence-corrected chi connectivity index (χ0v) is 20.9. The van der Waals surface area contributed by atoms with Gasteiger partial charge in [0.25, 0.3) is 17.7 Å². The highest BCUT2D eigenvalue weighted by Gasteiger charge is 2.45. The van der Waals surface area contributed by atoms with Crippen LogP contribution in [0, 0.1) is 5.92 Å². The molecule has 0 spiro atoms. The Bertz CT molecular complexity index is 1530. The Morgan fingerprint density at radius 3 is 2.68 bits per heavy atom. The summed E-state index contributed by atoms with van der Waals surface area (Å²) in [6, 6.07) is 0. The molecule has 0 bridgehead atoms. The van der Waals surface area contributed by atoms with E-state index in [0.717, 1.165) is 31.2 Å². The van der Waals surface area contributed by atoms with E-state index >= 15 is 0 Å². The van der Waals surface area contributed by atoms with E-state index in [2.05, 4.69) is 15.3 Å². The van der Waals surface area contributed by atoms with Gasteiger partial charge in [-0.2, -0.15) is 18.2 Å². The maximum Gasteiger partial charge on any atom is 0.491 e. The van der Waals surface area contributed by atoms with Crippen molar-refractivity contribution in [3.63, 3.8) is 0 Å². The van der Waals surface area contributed by atoms with E-state index in [9.17, 15) is 27.6 Å². The molecule has 0 fully saturated rings. The fourth-order valence-corrected chi connectivity index (χ4v) is 4.74. The number of hydrogen-bond acceptors (Lipinski definition) is 9. The lowest BCUT2D eigenvalue weighted by Crippen LogP contribution is -2.40. The van der Waals surface area contributed by atoms with Crippen LogP contribution in [0.1, 0.15) is 38.8 Å². The van der Waals surface area contributed by atoms with Gasteiger partial charge in [-0.25, -0.2) is 14.6 Å². The molecular weight excluding hydrogens is 511 g/mol. The van der Waals surface area contributed by atoms with Gasteiger partial charge in [0.1, 0.15) is 6.26 Å². The summed E-state index contributed by atoms with van der Waals surface area (Å²) in [7, 11) is 1.42. The number of nitrogens with zero attached hydrogens (tertiary/aromatic N) is 6. The lowest BCUT2D eigenvalue weighted by molar-refractivity contribution is -0.207. The van der Waals surface area contributed by atoms with Crippen molar-refractivity contribution in [3.8, 4) is 0 Å². The van der Waals surface area contributed by atoms with Gasteiger partial charge in [-0.05, 0) is 24.3 Å². The van der Waals surface area contributed by atoms with E-state index in [1.807, 2.05) is 13.8 Å². The number of nitrogens with one attached hydrogen (secondary N) is 1. The third-order valence-electron chi connectivity index (χ3n) is 6.68. The van der Waals surface area contributed by atoms with Crippen molar-refractivity contribution in [2.45, 2.75) is 45.6 Å². The molecule has 5 rings (SSSR count). The number of anilines is 1. The molecule has 1 N–H and O–H groups in total. The maximum absolute atomic E-state index is 13.8. The van der Waals surface area contributed by atoms with Crippen molar-refractivity contribution >= 4 is 23.1 Å². The normalized spacial score (nSPS) is 16.7. The van der Waals surface area contributed by atoms with Gasteiger partial charge in [-0.1, -0.05) is 13.8 Å². The maximum atomic E-state index is 13.8. The number of oxazole rings is 1. The first-order valence-corrected chi connectivity index (χ1v) is 12.1. The molecule has 15 heteroatoms. The van der Waals surface area contributed by atoms with Gasteiger partial charge >= 0.3 is 17.8 Å². The van der Waals surface area contributed by atoms with Crippen LogP contribution in [0.3, 0.4) is 0 Å². The molecule has 0 saturated heterocycles. The lowest BCUT2D eigenvalue weighted by Gasteiger charge is -2.25. The summed E-state index contributed by atoms with van der Waals surface area (Å²) in [5.74, 6) is -2.70. The van der Waals surface area contributed by atoms with Crippen LogP contribution in [0.25, 0.3) is 11.2 Å². The van der Waals surface area contributed by atoms with Gasteiger partial charge < -0.3 is 19.4 Å². The molecule has 0 amide bonds. The zero-order valence-electron chi connectivity index (χ0n) is 20.9. The topological polar surface area (TPSA) is 129 Å². The molecule has 3 aromatic heterocycles. The summed E-state index contributed by atoms with van der Waals surface area (Å²) >= 11 is 0. The number of aromatic nitrogens is 5. The van der Waals surface area contributed by atoms with Crippen molar-refractivity contribution in [1.29, 1.82) is 0 Å². The number of carbonyl (C=O) groups is 1. The van der Waals surface area contributed by atoms with Crippen molar-refractivity contribution in [2.24, 2.45) is 13.0 Å². The summed E-state index contributed by atoms with van der Waals surface area (Å²) in [4.78, 5) is 49.2. The van der Waals surface area contributed by atoms with Crippen LogP contribution in [-0.4, -0.2) is 55.4 Å². The molecule has 1 unspecified atom stereocenters. The first-order chi connectivity index (χ1) is 18.0. The number of carbonyl (C=O) groups excluding carboxylic acids is 1. The molecule has 0 saturated carbocycles. The van der Waals surface area contributed by atoms with E-state index in [1.165, 1.54) is 13.2 Å². The quantitative estimate of drug-likeness (QED) is 0.447. The van der Waals surface area contributed by atoms with E-state index in [0.29, 0.717) is 32.5 Å². The van der Waals surface area contributed by atoms with Crippen molar-refractivity contribution < 1.29 is 27.1 Å². The molecule has 0 aromatic carbocycles. The largest absolute Gasteiger partial charge is 0.491 e. The summed E-state index contributed by atoms with van der Waals surface area (Å²) in [6.45, 7) is 5.48. The Hall–Kier alpha value is -3.88. The summed E-state index contributed by atoms with van der Waals surface area (Å²) in [5, 5.41) is 3.22. The second-order valence-electron chi connectivity index (χ2n) is 9.62. The van der Waals surface area contributed by atoms with Gasteiger partial charge in [0, 0.05) is 38.9 Å². The number of esters is 1. The van der Waals surface area contributed by atoms with Gasteiger partial charge in [0.15, 0.2) is 11.2 Å². The number of fused-ring (bicyclic) bond motifs is 1. The Balaban J connectivity index is 1.81. The standard InChI is InChI=1S/C23H26F3N7O5/c1-12(2)4-7-32-18(34)15-16(30(3)22(32)36)29-21(31-8-5-13-10-27-11-14(13)31)33(15)19(17-28-6-9-37-17)38-20(35)23(24,25)26/h6,9,12,19,27H,4-5,7-8,10-11H2,1-3H3. The van der Waals surface area contributed by atoms with Gasteiger partial charge in [0.2, 0.25) is 5.95 Å². The molecule has 0 aliphatic carbocycles. The second-order valence-corrected chi connectivity index (χ2v) is 9.62. The minimum Gasteiger partial charge on any atom is -0.444 e. The van der Waals surface area contributed by atoms with Crippen LogP contribution in [-0.2, 0) is 23.1 Å². The molecular formula is C23H26F3N7O5. The van der Waals surface area contributed by atoms with Crippen LogP contribution in [0.4, 0.5) is 19.1 Å². The molecule has 12 nitrogen and oxygen atoms in total. The van der Waals surface area contributed by atoms with Crippen LogP contribution >= 0.6 is 0 Å². The Kier molecular flexibility index (Phi) is 6.41. The van der Waals surface area contributed by atoms with E-state index in [1.54, 1.807) is 4.90 Å². The monoisotopic (exact) mass is 537 g/mol. The fourth-order valence-electron chi connectivity index (χ4n) is 4.74. The summed E-state index contributed by atoms with van der Waals surface area (Å²) in [5.41, 5.74) is 0.245. The molecule has 1 atom stereocenters. The molecule has 0 radical (unpaired) electrons. The predicted molar refractivity (Wildman–Crippen MR) is 127 cm³/mol. The molecule has 5 heterocycles. The first-order valence-electron chi connectivity index (χ1n) is 12.1. The fraction of sp³-hybridized carbons (Fsp3) is 0.522. The average molecular weight is 537 g/mol. The van der Waals surface area contributed by atoms with E-state index < -0.39 is 35.5 Å². The molecule has 38 heavy (non-hydrogen) atoms. The molecule has 3 aromatic rings. The Morgan fingerprint density at radius 1 is 1.26 bits per heavy atom. The molecule has 204 valence electrons. The predicted octanol–water partition coefficient (Wildman–Crippen LogP) is 1.65. The van der Waals surface area contributed by atoms with E-state index in [-0.39, 0.29) is 29.6 Å². The number of hydrogen-bond donors (Lipinski definition) is 1. The Labute approximate surface area is 213 Å². The van der Waals surface area contributed by atoms with Crippen LogP contribution < -0.4 is 21.5 Å². The number of rotatable bonds is 7. The zero-order chi connectivity index (χ0) is 27.4. The van der Waals surface area contributed by atoms with Gasteiger partial charge in [0.05, 0.1) is 6.20 Å². The minimum atomic E-state index is -5.33. The number of aryl methyl sites for hydroxylation is 1. The van der Waals surface area contributed by atoms with Gasteiger partial charge in [-0.3, -0.25) is 18.5 Å². The minimum absolute atomic E-state index is 0.0283. The highest BCUT2D eigenvalue weighted by atomic mass is 19.4. The average Bonchev–Trinajstić information content (AvgIpc) is 3.63. The summed E-state index contributed by atoms with van der Waals surface area (Å²) in [6.07, 6.45) is -3.81. The first kappa shape index (κ1) is 25.8. The lowest BCUT2D eigenvalue weighted by atomic mass is 10.1. The third-order valence-corrected chi connectivity index (χ3v) is 6.68. The van der Waals surface area contributed by atoms with Gasteiger partial charge in [-0.15, -0.1) is 0 Å². The van der Waals surface area contributed by atoms with Crippen molar-refractivity contribution in [2.75, 3.05) is 24.5 Å². The van der Waals surface area contributed by atoms with Crippen LogP contribution in [0.2, 0.25) is 0 Å². The van der Waals surface area contributed by atoms with Crippen LogP contribution in [0.5, 0.6) is 0 Å². The number of ether oxygens (including phenoxy) is 1. The molecule has 2 aliphatic heterocycles. The highest BCUT2D eigenvalue weighted by molar-refractivity contribution is 5.78. The molecule has 2 aliphatic rings. The smallest absolute Gasteiger partial charge is 0.444 e. The SMILES string of the molecule is CC(C)CCn1c(=O)c2c(nc(N3CCC4=C3CNC4)n2C(OC(=O)C(F)(F)F)c2ncco2)n(C)c1=O. The summed E-state index contributed by atoms with van der Waals surface area (Å²) < 4.78 is 53.4. The third kappa shape index (κ3) is 4.29. The second kappa shape index (κ2) is 9.45. The highest BCUT2D eigenvalue weighted by Crippen LogP contribution is 2.36. The number of halogens is 3. The Morgan fingerprint density at radius 2 is 2.03 bits per heavy atom. The number of alkyl halides is 3. The van der Waals surface area contributed by atoms with Crippen LogP contribution in [0.15, 0.2) is 37.7 Å². The van der Waals surface area contributed by atoms with Crippen molar-refractivity contribution in [3.05, 3.63) is 50.5 Å². The van der Waals surface area contributed by atoms with Crippen molar-refractivity contribution in [1.82, 2.24) is 29.0 Å².